The van der Waals surface area contributed by atoms with Gasteiger partial charge in [0.2, 0.25) is 0 Å². The molecule has 10 heteroatoms. The van der Waals surface area contributed by atoms with Gasteiger partial charge in [0.1, 0.15) is 18.1 Å². The second-order valence-electron chi connectivity index (χ2n) is 7.57. The molecule has 172 valence electrons. The molecule has 3 aromatic rings. The van der Waals surface area contributed by atoms with Crippen molar-refractivity contribution in [1.29, 1.82) is 0 Å². The highest BCUT2D eigenvalue weighted by Gasteiger charge is 2.25. The number of methoxy groups -OCH3 is 1. The van der Waals surface area contributed by atoms with E-state index in [9.17, 15) is 9.59 Å². The van der Waals surface area contributed by atoms with Crippen molar-refractivity contribution in [2.24, 2.45) is 0 Å². The lowest BCUT2D eigenvalue weighted by molar-refractivity contribution is -0.133. The first-order valence-electron chi connectivity index (χ1n) is 10.3. The van der Waals surface area contributed by atoms with E-state index < -0.39 is 11.9 Å². The zero-order valence-electron chi connectivity index (χ0n) is 18.6. The number of ether oxygens (including phenoxy) is 4. The first-order valence-corrected chi connectivity index (χ1v) is 10.3. The smallest absolute Gasteiger partial charge is 0.336 e. The number of nitrogens with zero attached hydrogens (tertiary/aromatic N) is 4. The van der Waals surface area contributed by atoms with Crippen LogP contribution in [0.4, 0.5) is 0 Å². The first kappa shape index (κ1) is 22.4. The normalized spacial score (nSPS) is 14.4. The number of carbonyl (C=O) groups is 2. The molecule has 1 aliphatic rings. The van der Waals surface area contributed by atoms with E-state index >= 15 is 0 Å². The maximum Gasteiger partial charge on any atom is 0.336 e. The number of carbonyl (C=O) groups excluding carboxylic acids is 2. The van der Waals surface area contributed by atoms with E-state index in [0.29, 0.717) is 36.5 Å². The summed E-state index contributed by atoms with van der Waals surface area (Å²) in [5.74, 6) is -0.529. The maximum absolute atomic E-state index is 12.2. The SMILES string of the molecule is COCCn1nc(-c2ccc(OCCN(C)C)cc2)c2c3c(cnc21)OC(=O)/C=C\C(=O)O3. The first-order chi connectivity index (χ1) is 16.0. The van der Waals surface area contributed by atoms with Gasteiger partial charge in [0.25, 0.3) is 0 Å². The molecule has 0 amide bonds. The Morgan fingerprint density at radius 1 is 1.03 bits per heavy atom. The Balaban J connectivity index is 1.78. The zero-order valence-corrected chi connectivity index (χ0v) is 18.6. The van der Waals surface area contributed by atoms with E-state index in [0.717, 1.165) is 30.0 Å². The summed E-state index contributed by atoms with van der Waals surface area (Å²) in [5.41, 5.74) is 1.76. The van der Waals surface area contributed by atoms with Gasteiger partial charge in [-0.3, -0.25) is 0 Å². The number of fused-ring (bicyclic) bond motifs is 3. The molecule has 0 N–H and O–H groups in total. The summed E-state index contributed by atoms with van der Waals surface area (Å²) in [6.07, 6.45) is 3.37. The average molecular weight is 452 g/mol. The van der Waals surface area contributed by atoms with E-state index in [1.54, 1.807) is 11.8 Å². The molecule has 0 atom stereocenters. The summed E-state index contributed by atoms with van der Waals surface area (Å²) in [7, 11) is 5.56. The van der Waals surface area contributed by atoms with Gasteiger partial charge in [-0.15, -0.1) is 0 Å². The highest BCUT2D eigenvalue weighted by atomic mass is 16.6. The predicted octanol–water partition coefficient (Wildman–Crippen LogP) is 2.07. The molecule has 0 bridgehead atoms. The fourth-order valence-corrected chi connectivity index (χ4v) is 3.27. The van der Waals surface area contributed by atoms with Crippen molar-refractivity contribution < 1.29 is 28.5 Å². The van der Waals surface area contributed by atoms with Gasteiger partial charge in [-0.25, -0.2) is 19.3 Å². The van der Waals surface area contributed by atoms with Crippen LogP contribution in [0.25, 0.3) is 22.3 Å². The van der Waals surface area contributed by atoms with Crippen molar-refractivity contribution in [3.8, 4) is 28.5 Å². The van der Waals surface area contributed by atoms with Crippen molar-refractivity contribution >= 4 is 23.0 Å². The van der Waals surface area contributed by atoms with Crippen LogP contribution >= 0.6 is 0 Å². The monoisotopic (exact) mass is 452 g/mol. The van der Waals surface area contributed by atoms with Gasteiger partial charge in [-0.1, -0.05) is 0 Å². The number of benzene rings is 1. The van der Waals surface area contributed by atoms with Gasteiger partial charge in [-0.05, 0) is 38.4 Å². The predicted molar refractivity (Wildman–Crippen MR) is 119 cm³/mol. The minimum Gasteiger partial charge on any atom is -0.492 e. The van der Waals surface area contributed by atoms with Gasteiger partial charge in [0.15, 0.2) is 17.1 Å². The second-order valence-corrected chi connectivity index (χ2v) is 7.57. The summed E-state index contributed by atoms with van der Waals surface area (Å²) in [6, 6.07) is 7.42. The second kappa shape index (κ2) is 9.80. The molecule has 33 heavy (non-hydrogen) atoms. The van der Waals surface area contributed by atoms with E-state index in [-0.39, 0.29) is 11.5 Å². The quantitative estimate of drug-likeness (QED) is 0.475. The van der Waals surface area contributed by atoms with Crippen LogP contribution in [0.3, 0.4) is 0 Å². The van der Waals surface area contributed by atoms with Crippen molar-refractivity contribution in [2.75, 3.05) is 41.0 Å². The van der Waals surface area contributed by atoms with E-state index in [1.165, 1.54) is 6.20 Å². The number of hydrogen-bond donors (Lipinski definition) is 0. The average Bonchev–Trinajstić information content (AvgIpc) is 3.16. The third-order valence-corrected chi connectivity index (χ3v) is 4.89. The Morgan fingerprint density at radius 3 is 2.45 bits per heavy atom. The number of rotatable bonds is 8. The topological polar surface area (TPSA) is 105 Å². The fourth-order valence-electron chi connectivity index (χ4n) is 3.27. The molecular weight excluding hydrogens is 428 g/mol. The summed E-state index contributed by atoms with van der Waals surface area (Å²) in [6.45, 7) is 2.20. The van der Waals surface area contributed by atoms with Crippen molar-refractivity contribution in [3.63, 3.8) is 0 Å². The molecule has 1 aliphatic heterocycles. The van der Waals surface area contributed by atoms with Crippen LogP contribution in [0, 0.1) is 0 Å². The van der Waals surface area contributed by atoms with Crippen LogP contribution in [0.15, 0.2) is 42.6 Å². The molecule has 0 saturated carbocycles. The molecule has 0 radical (unpaired) electrons. The van der Waals surface area contributed by atoms with E-state index in [4.69, 9.17) is 24.0 Å². The molecule has 0 saturated heterocycles. The largest absolute Gasteiger partial charge is 0.492 e. The molecule has 3 heterocycles. The third kappa shape index (κ3) is 5.02. The van der Waals surface area contributed by atoms with Crippen molar-refractivity contribution in [1.82, 2.24) is 19.7 Å². The molecule has 10 nitrogen and oxygen atoms in total. The zero-order chi connectivity index (χ0) is 23.4. The van der Waals surface area contributed by atoms with E-state index in [1.807, 2.05) is 43.3 Å². The molecule has 0 unspecified atom stereocenters. The molecule has 4 rings (SSSR count). The van der Waals surface area contributed by atoms with Gasteiger partial charge < -0.3 is 23.8 Å². The number of pyridine rings is 1. The van der Waals surface area contributed by atoms with Crippen molar-refractivity contribution in [3.05, 3.63) is 42.6 Å². The molecule has 0 fully saturated rings. The lowest BCUT2D eigenvalue weighted by Crippen LogP contribution is -2.19. The van der Waals surface area contributed by atoms with Crippen LogP contribution in [0.5, 0.6) is 17.2 Å². The highest BCUT2D eigenvalue weighted by molar-refractivity contribution is 6.02. The molecule has 1 aromatic carbocycles. The van der Waals surface area contributed by atoms with Crippen molar-refractivity contribution in [2.45, 2.75) is 6.54 Å². The maximum atomic E-state index is 12.2. The summed E-state index contributed by atoms with van der Waals surface area (Å²) < 4.78 is 23.5. The van der Waals surface area contributed by atoms with Crippen LogP contribution in [0.1, 0.15) is 0 Å². The molecule has 0 spiro atoms. The fraction of sp³-hybridized carbons (Fsp3) is 0.304. The lowest BCUT2D eigenvalue weighted by atomic mass is 10.1. The van der Waals surface area contributed by atoms with Gasteiger partial charge in [0.05, 0.1) is 24.7 Å². The Bertz CT molecular complexity index is 1200. The Labute approximate surface area is 190 Å². The number of esters is 2. The van der Waals surface area contributed by atoms with Gasteiger partial charge >= 0.3 is 11.9 Å². The van der Waals surface area contributed by atoms with Crippen LogP contribution in [-0.4, -0.2) is 72.6 Å². The Hall–Kier alpha value is -3.76. The number of likely N-dealkylation sites (N-methyl/N-ethyl adjacent to an activating group) is 1. The van der Waals surface area contributed by atoms with Crippen LogP contribution in [0.2, 0.25) is 0 Å². The van der Waals surface area contributed by atoms with Gasteiger partial charge in [-0.2, -0.15) is 5.10 Å². The van der Waals surface area contributed by atoms with E-state index in [2.05, 4.69) is 4.98 Å². The molecule has 0 aliphatic carbocycles. The van der Waals surface area contributed by atoms with Crippen LogP contribution < -0.4 is 14.2 Å². The summed E-state index contributed by atoms with van der Waals surface area (Å²) in [5, 5.41) is 5.15. The molecule has 2 aromatic heterocycles. The molecular formula is C23H24N4O6. The highest BCUT2D eigenvalue weighted by Crippen LogP contribution is 2.41. The minimum atomic E-state index is -0.694. The Kier molecular flexibility index (Phi) is 6.66. The van der Waals surface area contributed by atoms with Gasteiger partial charge in [0, 0.05) is 31.4 Å². The minimum absolute atomic E-state index is 0.0429. The summed E-state index contributed by atoms with van der Waals surface area (Å²) >= 11 is 0. The summed E-state index contributed by atoms with van der Waals surface area (Å²) in [4.78, 5) is 30.6. The standard InChI is InChI=1S/C23H24N4O6/c1-26(2)10-13-31-16-6-4-15(5-7-16)21-20-22-17(32-18(28)8-9-19(29)33-22)14-24-23(20)27(25-21)11-12-30-3/h4-9,14H,10-13H2,1-3H3/b9-8-. The Morgan fingerprint density at radius 2 is 1.76 bits per heavy atom. The third-order valence-electron chi connectivity index (χ3n) is 4.89. The number of hydrogen-bond acceptors (Lipinski definition) is 9. The number of aromatic nitrogens is 3. The van der Waals surface area contributed by atoms with Crippen LogP contribution in [-0.2, 0) is 20.9 Å². The lowest BCUT2D eigenvalue weighted by Gasteiger charge is -2.13.